The van der Waals surface area contributed by atoms with E-state index in [1.165, 1.54) is 13.2 Å². The van der Waals surface area contributed by atoms with Gasteiger partial charge in [0.05, 0.1) is 23.5 Å². The number of hydrogen-bond donors (Lipinski definition) is 1. The number of carbonyl (C=O) groups is 2. The van der Waals surface area contributed by atoms with Gasteiger partial charge in [-0.2, -0.15) is 0 Å². The predicted octanol–water partition coefficient (Wildman–Crippen LogP) is 1.54. The number of non-ortho nitro benzene ring substituents is 1. The number of benzene rings is 1. The topological polar surface area (TPSA) is 103 Å². The van der Waals surface area contributed by atoms with Gasteiger partial charge >= 0.3 is 0 Å². The molecule has 2 aromatic rings. The zero-order chi connectivity index (χ0) is 15.9. The summed E-state index contributed by atoms with van der Waals surface area (Å²) in [5.74, 6) is -0.322. The van der Waals surface area contributed by atoms with Crippen LogP contribution in [0, 0.1) is 10.1 Å². The van der Waals surface area contributed by atoms with Crippen molar-refractivity contribution in [2.24, 2.45) is 0 Å². The van der Waals surface area contributed by atoms with Crippen molar-refractivity contribution < 1.29 is 19.2 Å². The van der Waals surface area contributed by atoms with Gasteiger partial charge in [0.15, 0.2) is 0 Å². The Balaban J connectivity index is 2.09. The maximum Gasteiger partial charge on any atom is 0.282 e. The van der Waals surface area contributed by atoms with Crippen LogP contribution in [-0.2, 0) is 9.59 Å². The average Bonchev–Trinajstić information content (AvgIpc) is 2.89. The molecule has 2 heterocycles. The van der Waals surface area contributed by atoms with E-state index in [4.69, 9.17) is 4.74 Å². The Kier molecular flexibility index (Phi) is 3.28. The van der Waals surface area contributed by atoms with E-state index in [0.717, 1.165) is 0 Å². The van der Waals surface area contributed by atoms with Crippen LogP contribution in [0.15, 0.2) is 24.5 Å². The van der Waals surface area contributed by atoms with E-state index >= 15 is 0 Å². The van der Waals surface area contributed by atoms with Crippen molar-refractivity contribution in [3.8, 4) is 5.75 Å². The van der Waals surface area contributed by atoms with Crippen LogP contribution in [0.5, 0.6) is 5.75 Å². The zero-order valence-electron chi connectivity index (χ0n) is 11.7. The molecule has 2 amide bonds. The smallest absolute Gasteiger partial charge is 0.282 e. The number of nitro benzene ring substituents is 1. The number of imide groups is 1. The van der Waals surface area contributed by atoms with Crippen LogP contribution >= 0.6 is 0 Å². The van der Waals surface area contributed by atoms with Gasteiger partial charge in [0.2, 0.25) is 11.8 Å². The number of nitro groups is 1. The van der Waals surface area contributed by atoms with Gasteiger partial charge in [0.25, 0.3) is 5.69 Å². The van der Waals surface area contributed by atoms with E-state index in [1.54, 1.807) is 23.0 Å². The van der Waals surface area contributed by atoms with Crippen molar-refractivity contribution in [1.82, 2.24) is 9.88 Å². The minimum absolute atomic E-state index is 0.0830. The quantitative estimate of drug-likeness (QED) is 0.526. The van der Waals surface area contributed by atoms with Gasteiger partial charge in [0.1, 0.15) is 11.8 Å². The highest BCUT2D eigenvalue weighted by Gasteiger charge is 2.28. The number of aromatic nitrogens is 1. The lowest BCUT2D eigenvalue weighted by atomic mass is 10.1. The van der Waals surface area contributed by atoms with Crippen LogP contribution in [0.4, 0.5) is 5.69 Å². The number of amides is 2. The first-order chi connectivity index (χ1) is 10.5. The summed E-state index contributed by atoms with van der Waals surface area (Å²) >= 11 is 0. The lowest BCUT2D eigenvalue weighted by Crippen LogP contribution is -2.41. The van der Waals surface area contributed by atoms with Crippen LogP contribution in [0.1, 0.15) is 18.9 Å². The molecule has 3 rings (SSSR count). The molecular weight excluding hydrogens is 290 g/mol. The van der Waals surface area contributed by atoms with Gasteiger partial charge in [-0.3, -0.25) is 25.0 Å². The highest BCUT2D eigenvalue weighted by molar-refractivity contribution is 6.00. The Morgan fingerprint density at radius 1 is 1.36 bits per heavy atom. The highest BCUT2D eigenvalue weighted by Crippen LogP contribution is 2.33. The summed E-state index contributed by atoms with van der Waals surface area (Å²) < 4.78 is 6.68. The first kappa shape index (κ1) is 14.1. The largest absolute Gasteiger partial charge is 0.496 e. The molecule has 1 N–H and O–H groups in total. The van der Waals surface area contributed by atoms with Gasteiger partial charge < -0.3 is 9.30 Å². The summed E-state index contributed by atoms with van der Waals surface area (Å²) in [7, 11) is 1.43. The van der Waals surface area contributed by atoms with Crippen molar-refractivity contribution in [3.05, 3.63) is 34.6 Å². The molecule has 8 nitrogen and oxygen atoms in total. The second-order valence-corrected chi connectivity index (χ2v) is 5.08. The third kappa shape index (κ3) is 2.28. The maximum atomic E-state index is 11.9. The fourth-order valence-corrected chi connectivity index (χ4v) is 2.64. The molecule has 0 spiro atoms. The number of methoxy groups -OCH3 is 1. The fourth-order valence-electron chi connectivity index (χ4n) is 2.64. The molecule has 114 valence electrons. The molecule has 1 aliphatic heterocycles. The summed E-state index contributed by atoms with van der Waals surface area (Å²) in [5, 5.41) is 14.5. The van der Waals surface area contributed by atoms with Crippen molar-refractivity contribution in [3.63, 3.8) is 0 Å². The molecular formula is C14H13N3O5. The Hall–Kier alpha value is -2.90. The predicted molar refractivity (Wildman–Crippen MR) is 76.6 cm³/mol. The second kappa shape index (κ2) is 5.14. The molecule has 8 heteroatoms. The highest BCUT2D eigenvalue weighted by atomic mass is 16.6. The molecule has 1 aromatic heterocycles. The summed E-state index contributed by atoms with van der Waals surface area (Å²) in [6.45, 7) is 0. The molecule has 1 fully saturated rings. The third-order valence-electron chi connectivity index (χ3n) is 3.73. The third-order valence-corrected chi connectivity index (χ3v) is 3.73. The van der Waals surface area contributed by atoms with Gasteiger partial charge in [0, 0.05) is 24.2 Å². The number of hydrogen-bond acceptors (Lipinski definition) is 5. The normalized spacial score (nSPS) is 18.3. The Labute approximate surface area is 124 Å². The van der Waals surface area contributed by atoms with Crippen molar-refractivity contribution >= 4 is 28.3 Å². The fraction of sp³-hybridized carbons (Fsp3) is 0.286. The van der Waals surface area contributed by atoms with E-state index in [0.29, 0.717) is 22.9 Å². The zero-order valence-corrected chi connectivity index (χ0v) is 11.7. The Bertz CT molecular complexity index is 795. The minimum atomic E-state index is -0.546. The summed E-state index contributed by atoms with van der Waals surface area (Å²) in [6, 6.07) is 2.47. The van der Waals surface area contributed by atoms with Crippen LogP contribution in [0.25, 0.3) is 10.8 Å². The van der Waals surface area contributed by atoms with E-state index in [1.807, 2.05) is 0 Å². The van der Waals surface area contributed by atoms with Crippen LogP contribution in [0.3, 0.4) is 0 Å². The Morgan fingerprint density at radius 3 is 2.77 bits per heavy atom. The molecule has 1 saturated heterocycles. The molecule has 0 saturated carbocycles. The monoisotopic (exact) mass is 303 g/mol. The van der Waals surface area contributed by atoms with E-state index in [2.05, 4.69) is 5.32 Å². The molecule has 1 unspecified atom stereocenters. The molecule has 1 aliphatic rings. The van der Waals surface area contributed by atoms with Gasteiger partial charge in [-0.05, 0) is 12.5 Å². The van der Waals surface area contributed by atoms with E-state index < -0.39 is 16.9 Å². The van der Waals surface area contributed by atoms with E-state index in [9.17, 15) is 19.7 Å². The number of nitrogens with zero attached hydrogens (tertiary/aromatic N) is 2. The molecule has 0 bridgehead atoms. The van der Waals surface area contributed by atoms with Crippen molar-refractivity contribution in [1.29, 1.82) is 0 Å². The van der Waals surface area contributed by atoms with Gasteiger partial charge in [-0.15, -0.1) is 0 Å². The number of carbonyl (C=O) groups excluding carboxylic acids is 2. The first-order valence-electron chi connectivity index (χ1n) is 6.67. The minimum Gasteiger partial charge on any atom is -0.496 e. The van der Waals surface area contributed by atoms with Gasteiger partial charge in [-0.25, -0.2) is 0 Å². The lowest BCUT2D eigenvalue weighted by molar-refractivity contribution is -0.383. The second-order valence-electron chi connectivity index (χ2n) is 5.08. The van der Waals surface area contributed by atoms with Crippen LogP contribution in [0.2, 0.25) is 0 Å². The first-order valence-corrected chi connectivity index (χ1v) is 6.67. The number of rotatable bonds is 3. The molecule has 22 heavy (non-hydrogen) atoms. The Morgan fingerprint density at radius 2 is 2.14 bits per heavy atom. The standard InChI is InChI=1S/C14H13N3O5/c1-22-9-4-8-6-16(7-10(8)12(5-9)17(20)21)11-2-3-13(18)15-14(11)19/h4-7,11H,2-3H2,1H3,(H,15,18,19). The number of nitrogens with one attached hydrogen (secondary N) is 1. The van der Waals surface area contributed by atoms with Crippen molar-refractivity contribution in [2.75, 3.05) is 7.11 Å². The lowest BCUT2D eigenvalue weighted by Gasteiger charge is -2.21. The number of piperidine rings is 1. The molecule has 1 aromatic carbocycles. The van der Waals surface area contributed by atoms with Crippen LogP contribution < -0.4 is 10.1 Å². The summed E-state index contributed by atoms with van der Waals surface area (Å²) in [5.41, 5.74) is -0.0830. The van der Waals surface area contributed by atoms with Crippen LogP contribution in [-0.4, -0.2) is 28.4 Å². The summed E-state index contributed by atoms with van der Waals surface area (Å²) in [6.07, 6.45) is 3.84. The SMILES string of the molecule is COc1cc([N+](=O)[O-])c2cn(C3CCC(=O)NC3=O)cc2c1. The average molecular weight is 303 g/mol. The molecule has 0 aliphatic carbocycles. The van der Waals surface area contributed by atoms with E-state index in [-0.39, 0.29) is 18.0 Å². The maximum absolute atomic E-state index is 11.9. The summed E-state index contributed by atoms with van der Waals surface area (Å²) in [4.78, 5) is 33.8. The number of ether oxygens (including phenoxy) is 1. The molecule has 0 radical (unpaired) electrons. The molecule has 1 atom stereocenters. The number of fused-ring (bicyclic) bond motifs is 1. The van der Waals surface area contributed by atoms with Crippen molar-refractivity contribution in [2.45, 2.75) is 18.9 Å². The van der Waals surface area contributed by atoms with Gasteiger partial charge in [-0.1, -0.05) is 0 Å².